The van der Waals surface area contributed by atoms with E-state index in [9.17, 15) is 4.79 Å². The highest BCUT2D eigenvalue weighted by molar-refractivity contribution is 5.77. The van der Waals surface area contributed by atoms with Gasteiger partial charge in [-0.2, -0.15) is 0 Å². The van der Waals surface area contributed by atoms with Crippen molar-refractivity contribution in [1.29, 1.82) is 0 Å². The van der Waals surface area contributed by atoms with Crippen LogP contribution in [0.3, 0.4) is 0 Å². The van der Waals surface area contributed by atoms with Crippen molar-refractivity contribution in [3.8, 4) is 0 Å². The summed E-state index contributed by atoms with van der Waals surface area (Å²) < 4.78 is 0. The number of anilines is 1. The van der Waals surface area contributed by atoms with E-state index in [1.165, 1.54) is 6.20 Å². The minimum atomic E-state index is -1.09. The molecule has 3 N–H and O–H groups in total. The van der Waals surface area contributed by atoms with Crippen LogP contribution in [0.5, 0.6) is 0 Å². The Bertz CT molecular complexity index is 276. The number of pyridine rings is 1. The predicted molar refractivity (Wildman–Crippen MR) is 46.4 cm³/mol. The van der Waals surface area contributed by atoms with Gasteiger partial charge in [-0.1, -0.05) is 0 Å². The molecule has 0 aromatic carbocycles. The van der Waals surface area contributed by atoms with Crippen LogP contribution in [0, 0.1) is 0 Å². The molecule has 0 saturated heterocycles. The highest BCUT2D eigenvalue weighted by atomic mass is 16.4. The smallest absolute Gasteiger partial charge is 0.328 e. The molecule has 1 heterocycles. The SMILES string of the molecule is O=C(O)[C@H](CO)Nc1cccnc1. The Morgan fingerprint density at radius 3 is 2.92 bits per heavy atom. The Morgan fingerprint density at radius 2 is 2.46 bits per heavy atom. The molecule has 0 radical (unpaired) electrons. The van der Waals surface area contributed by atoms with Crippen molar-refractivity contribution in [3.05, 3.63) is 24.5 Å². The molecule has 5 nitrogen and oxygen atoms in total. The van der Waals surface area contributed by atoms with E-state index in [4.69, 9.17) is 10.2 Å². The Hall–Kier alpha value is -1.62. The van der Waals surface area contributed by atoms with Crippen molar-refractivity contribution in [1.82, 2.24) is 4.98 Å². The van der Waals surface area contributed by atoms with E-state index >= 15 is 0 Å². The molecule has 5 heteroatoms. The highest BCUT2D eigenvalue weighted by Crippen LogP contribution is 2.04. The highest BCUT2D eigenvalue weighted by Gasteiger charge is 2.14. The quantitative estimate of drug-likeness (QED) is 0.607. The van der Waals surface area contributed by atoms with Crippen LogP contribution in [0.2, 0.25) is 0 Å². The first-order valence-electron chi connectivity index (χ1n) is 3.74. The summed E-state index contributed by atoms with van der Waals surface area (Å²) >= 11 is 0. The van der Waals surface area contributed by atoms with Crippen LogP contribution in [0.25, 0.3) is 0 Å². The molecular weight excluding hydrogens is 172 g/mol. The number of hydrogen-bond acceptors (Lipinski definition) is 4. The van der Waals surface area contributed by atoms with Gasteiger partial charge >= 0.3 is 5.97 Å². The van der Waals surface area contributed by atoms with Crippen LogP contribution in [0.1, 0.15) is 0 Å². The molecule has 0 fully saturated rings. The normalized spacial score (nSPS) is 12.1. The first-order valence-corrected chi connectivity index (χ1v) is 3.74. The third-order valence-corrected chi connectivity index (χ3v) is 1.48. The molecule has 0 aliphatic carbocycles. The molecule has 0 unspecified atom stereocenters. The van der Waals surface area contributed by atoms with Crippen LogP contribution in [-0.2, 0) is 4.79 Å². The van der Waals surface area contributed by atoms with E-state index in [0.29, 0.717) is 5.69 Å². The number of aliphatic hydroxyl groups is 1. The molecule has 1 atom stereocenters. The number of nitrogens with one attached hydrogen (secondary N) is 1. The van der Waals surface area contributed by atoms with Crippen molar-refractivity contribution in [2.75, 3.05) is 11.9 Å². The molecule has 0 saturated carbocycles. The Balaban J connectivity index is 2.62. The summed E-state index contributed by atoms with van der Waals surface area (Å²) in [6.07, 6.45) is 3.07. The van der Waals surface area contributed by atoms with Gasteiger partial charge in [0.25, 0.3) is 0 Å². The molecule has 0 bridgehead atoms. The summed E-state index contributed by atoms with van der Waals surface area (Å²) in [4.78, 5) is 14.3. The molecule has 0 spiro atoms. The summed E-state index contributed by atoms with van der Waals surface area (Å²) in [7, 11) is 0. The number of rotatable bonds is 4. The monoisotopic (exact) mass is 182 g/mol. The number of carbonyl (C=O) groups is 1. The van der Waals surface area contributed by atoms with Crippen molar-refractivity contribution < 1.29 is 15.0 Å². The molecule has 0 aliphatic rings. The molecule has 1 aromatic rings. The number of carboxylic acid groups (broad SMARTS) is 1. The zero-order chi connectivity index (χ0) is 9.68. The van der Waals surface area contributed by atoms with Gasteiger partial charge in [0.2, 0.25) is 0 Å². The number of aliphatic carboxylic acids is 1. The zero-order valence-electron chi connectivity index (χ0n) is 6.84. The average molecular weight is 182 g/mol. The fourth-order valence-electron chi connectivity index (χ4n) is 0.835. The molecule has 70 valence electrons. The molecule has 1 aromatic heterocycles. The van der Waals surface area contributed by atoms with Crippen molar-refractivity contribution in [2.45, 2.75) is 6.04 Å². The van der Waals surface area contributed by atoms with E-state index in [1.807, 2.05) is 0 Å². The van der Waals surface area contributed by atoms with Crippen molar-refractivity contribution >= 4 is 11.7 Å². The third kappa shape index (κ3) is 2.72. The van der Waals surface area contributed by atoms with E-state index in [0.717, 1.165) is 0 Å². The van der Waals surface area contributed by atoms with E-state index in [-0.39, 0.29) is 0 Å². The second-order valence-corrected chi connectivity index (χ2v) is 2.46. The number of carboxylic acids is 1. The zero-order valence-corrected chi connectivity index (χ0v) is 6.84. The van der Waals surface area contributed by atoms with Crippen molar-refractivity contribution in [2.24, 2.45) is 0 Å². The number of aromatic nitrogens is 1. The summed E-state index contributed by atoms with van der Waals surface area (Å²) in [6, 6.07) is 2.38. The van der Waals surface area contributed by atoms with Gasteiger partial charge in [-0.05, 0) is 12.1 Å². The fraction of sp³-hybridized carbons (Fsp3) is 0.250. The summed E-state index contributed by atoms with van der Waals surface area (Å²) in [5.74, 6) is -1.09. The van der Waals surface area contributed by atoms with Gasteiger partial charge in [0.1, 0.15) is 6.04 Å². The lowest BCUT2D eigenvalue weighted by Gasteiger charge is -2.11. The van der Waals surface area contributed by atoms with Gasteiger partial charge in [-0.15, -0.1) is 0 Å². The van der Waals surface area contributed by atoms with E-state index in [2.05, 4.69) is 10.3 Å². The van der Waals surface area contributed by atoms with Gasteiger partial charge in [0.05, 0.1) is 12.3 Å². The molecule has 0 amide bonds. The van der Waals surface area contributed by atoms with Crippen LogP contribution in [0.15, 0.2) is 24.5 Å². The second-order valence-electron chi connectivity index (χ2n) is 2.46. The molecular formula is C8H10N2O3. The van der Waals surface area contributed by atoms with Crippen LogP contribution >= 0.6 is 0 Å². The Kier molecular flexibility index (Phi) is 3.22. The molecule has 1 rings (SSSR count). The lowest BCUT2D eigenvalue weighted by atomic mass is 10.3. The standard InChI is InChI=1S/C8H10N2O3/c11-5-7(8(12)13)10-6-2-1-3-9-4-6/h1-4,7,10-11H,5H2,(H,12,13)/t7-/m0/s1. The summed E-state index contributed by atoms with van der Waals surface area (Å²) in [6.45, 7) is -0.454. The van der Waals surface area contributed by atoms with Gasteiger partial charge in [0.15, 0.2) is 0 Å². The maximum atomic E-state index is 10.5. The second kappa shape index (κ2) is 4.42. The van der Waals surface area contributed by atoms with E-state index < -0.39 is 18.6 Å². The minimum Gasteiger partial charge on any atom is -0.480 e. The van der Waals surface area contributed by atoms with Gasteiger partial charge in [-0.25, -0.2) is 4.79 Å². The molecule has 0 aliphatic heterocycles. The van der Waals surface area contributed by atoms with Crippen LogP contribution < -0.4 is 5.32 Å². The first kappa shape index (κ1) is 9.47. The van der Waals surface area contributed by atoms with Gasteiger partial charge in [-0.3, -0.25) is 4.98 Å². The summed E-state index contributed by atoms with van der Waals surface area (Å²) in [5, 5.41) is 19.9. The third-order valence-electron chi connectivity index (χ3n) is 1.48. The molecule has 13 heavy (non-hydrogen) atoms. The largest absolute Gasteiger partial charge is 0.480 e. The van der Waals surface area contributed by atoms with Crippen LogP contribution in [0.4, 0.5) is 5.69 Å². The van der Waals surface area contributed by atoms with E-state index in [1.54, 1.807) is 18.3 Å². The predicted octanol–water partition coefficient (Wildman–Crippen LogP) is -0.0610. The Morgan fingerprint density at radius 1 is 1.69 bits per heavy atom. The van der Waals surface area contributed by atoms with Gasteiger partial charge < -0.3 is 15.5 Å². The average Bonchev–Trinajstić information content (AvgIpc) is 2.15. The van der Waals surface area contributed by atoms with Crippen molar-refractivity contribution in [3.63, 3.8) is 0 Å². The maximum absolute atomic E-state index is 10.5. The summed E-state index contributed by atoms with van der Waals surface area (Å²) in [5.41, 5.74) is 0.573. The topological polar surface area (TPSA) is 82.5 Å². The Labute approximate surface area is 75.0 Å². The first-order chi connectivity index (χ1) is 6.24. The minimum absolute atomic E-state index is 0.454. The lowest BCUT2D eigenvalue weighted by Crippen LogP contribution is -2.32. The van der Waals surface area contributed by atoms with Crippen LogP contribution in [-0.4, -0.2) is 33.8 Å². The maximum Gasteiger partial charge on any atom is 0.328 e. The number of nitrogens with zero attached hydrogens (tertiary/aromatic N) is 1. The van der Waals surface area contributed by atoms with Gasteiger partial charge in [0, 0.05) is 12.4 Å². The lowest BCUT2D eigenvalue weighted by molar-refractivity contribution is -0.138. The number of hydrogen-bond donors (Lipinski definition) is 3. The number of aliphatic hydroxyl groups excluding tert-OH is 1. The fourth-order valence-corrected chi connectivity index (χ4v) is 0.835.